The molecule has 0 spiro atoms. The van der Waals surface area contributed by atoms with Crippen LogP contribution < -0.4 is 5.73 Å². The summed E-state index contributed by atoms with van der Waals surface area (Å²) < 4.78 is 24.9. The number of hydrogen-bond donors (Lipinski definition) is 2. The summed E-state index contributed by atoms with van der Waals surface area (Å²) in [5.41, 5.74) is 5.45. The third-order valence-corrected chi connectivity index (χ3v) is 2.84. The molecule has 0 unspecified atom stereocenters. The Kier molecular flexibility index (Phi) is 3.37. The maximum atomic E-state index is 12.3. The van der Waals surface area contributed by atoms with E-state index in [1.54, 1.807) is 22.6 Å². The fourth-order valence-corrected chi connectivity index (χ4v) is 1.68. The molecular formula is C7H7F2IN2O. The van der Waals surface area contributed by atoms with Gasteiger partial charge in [-0.25, -0.2) is 13.8 Å². The second kappa shape index (κ2) is 4.14. The highest BCUT2D eigenvalue weighted by atomic mass is 127. The van der Waals surface area contributed by atoms with Crippen molar-refractivity contribution in [2.75, 3.05) is 5.73 Å². The summed E-state index contributed by atoms with van der Waals surface area (Å²) in [6.07, 6.45) is -1.56. The van der Waals surface area contributed by atoms with Crippen LogP contribution in [0, 0.1) is 3.57 Å². The molecule has 1 aromatic rings. The zero-order valence-corrected chi connectivity index (χ0v) is 8.62. The summed E-state index contributed by atoms with van der Waals surface area (Å²) in [4.78, 5) is 3.56. The zero-order valence-electron chi connectivity index (χ0n) is 6.47. The zero-order chi connectivity index (χ0) is 10.0. The van der Waals surface area contributed by atoms with Crippen molar-refractivity contribution in [2.45, 2.75) is 13.0 Å². The smallest absolute Gasteiger partial charge is 0.266 e. The lowest BCUT2D eigenvalue weighted by Crippen LogP contribution is -2.04. The van der Waals surface area contributed by atoms with Gasteiger partial charge in [0.05, 0.1) is 6.61 Å². The molecule has 0 bridgehead atoms. The molecule has 0 aliphatic carbocycles. The van der Waals surface area contributed by atoms with Gasteiger partial charge >= 0.3 is 0 Å². The lowest BCUT2D eigenvalue weighted by molar-refractivity contribution is 0.149. The number of anilines is 1. The van der Waals surface area contributed by atoms with Gasteiger partial charge in [0, 0.05) is 20.9 Å². The van der Waals surface area contributed by atoms with E-state index < -0.39 is 6.43 Å². The molecule has 13 heavy (non-hydrogen) atoms. The van der Waals surface area contributed by atoms with E-state index in [1.165, 1.54) is 0 Å². The highest BCUT2D eigenvalue weighted by Crippen LogP contribution is 2.28. The fraction of sp³-hybridized carbons (Fsp3) is 0.286. The highest BCUT2D eigenvalue weighted by molar-refractivity contribution is 14.1. The summed E-state index contributed by atoms with van der Waals surface area (Å²) in [5.74, 6) is 0.0938. The number of aromatic nitrogens is 1. The summed E-state index contributed by atoms with van der Waals surface area (Å²) in [6, 6.07) is 0. The molecule has 0 fully saturated rings. The van der Waals surface area contributed by atoms with Crippen LogP contribution >= 0.6 is 22.6 Å². The molecule has 1 rings (SSSR count). The van der Waals surface area contributed by atoms with Gasteiger partial charge in [-0.3, -0.25) is 0 Å². The van der Waals surface area contributed by atoms with Gasteiger partial charge in [0.1, 0.15) is 5.82 Å². The van der Waals surface area contributed by atoms with Crippen LogP contribution in [0.4, 0.5) is 14.6 Å². The number of alkyl halides is 2. The van der Waals surface area contributed by atoms with Crippen LogP contribution in [0.3, 0.4) is 0 Å². The molecule has 0 amide bonds. The summed E-state index contributed by atoms with van der Waals surface area (Å²) in [5, 5.41) is 8.84. The molecule has 0 atom stereocenters. The first kappa shape index (κ1) is 10.6. The van der Waals surface area contributed by atoms with Crippen molar-refractivity contribution in [3.63, 3.8) is 0 Å². The van der Waals surface area contributed by atoms with E-state index in [9.17, 15) is 8.78 Å². The third kappa shape index (κ3) is 2.05. The first-order valence-electron chi connectivity index (χ1n) is 3.39. The fourth-order valence-electron chi connectivity index (χ4n) is 0.863. The third-order valence-electron chi connectivity index (χ3n) is 1.56. The Balaban J connectivity index is 3.27. The molecule has 0 aliphatic rings. The maximum Gasteiger partial charge on any atom is 0.266 e. The molecule has 3 nitrogen and oxygen atoms in total. The number of nitrogens with zero attached hydrogens (tertiary/aromatic N) is 1. The average Bonchev–Trinajstić information content (AvgIpc) is 2.04. The summed E-state index contributed by atoms with van der Waals surface area (Å²) >= 11 is 1.72. The number of aliphatic hydroxyl groups is 1. The number of nitrogen functional groups attached to an aromatic ring is 1. The minimum absolute atomic E-state index is 0.0938. The highest BCUT2D eigenvalue weighted by Gasteiger charge is 2.16. The molecule has 6 heteroatoms. The number of pyridine rings is 1. The topological polar surface area (TPSA) is 59.1 Å². The predicted octanol–water partition coefficient (Wildman–Crippen LogP) is 1.70. The maximum absolute atomic E-state index is 12.3. The Morgan fingerprint density at radius 3 is 2.69 bits per heavy atom. The molecule has 0 radical (unpaired) electrons. The van der Waals surface area contributed by atoms with E-state index in [0.717, 1.165) is 6.20 Å². The van der Waals surface area contributed by atoms with Gasteiger partial charge in [-0.15, -0.1) is 0 Å². The Morgan fingerprint density at radius 2 is 2.23 bits per heavy atom. The monoisotopic (exact) mass is 300 g/mol. The van der Waals surface area contributed by atoms with Gasteiger partial charge in [0.15, 0.2) is 0 Å². The number of hydrogen-bond acceptors (Lipinski definition) is 3. The molecular weight excluding hydrogens is 293 g/mol. The van der Waals surface area contributed by atoms with Gasteiger partial charge in [-0.1, -0.05) is 0 Å². The minimum Gasteiger partial charge on any atom is -0.391 e. The van der Waals surface area contributed by atoms with Crippen LogP contribution in [0.15, 0.2) is 6.20 Å². The van der Waals surface area contributed by atoms with Crippen molar-refractivity contribution >= 4 is 28.4 Å². The molecule has 0 aliphatic heterocycles. The number of rotatable bonds is 2. The average molecular weight is 300 g/mol. The number of aliphatic hydroxyl groups excluding tert-OH is 1. The lowest BCUT2D eigenvalue weighted by atomic mass is 10.2. The quantitative estimate of drug-likeness (QED) is 0.817. The van der Waals surface area contributed by atoms with E-state index >= 15 is 0 Å². The van der Waals surface area contributed by atoms with Crippen molar-refractivity contribution in [2.24, 2.45) is 0 Å². The van der Waals surface area contributed by atoms with Crippen LogP contribution in [0.2, 0.25) is 0 Å². The van der Waals surface area contributed by atoms with E-state index in [1.807, 2.05) is 0 Å². The Morgan fingerprint density at radius 1 is 1.62 bits per heavy atom. The van der Waals surface area contributed by atoms with E-state index in [0.29, 0.717) is 0 Å². The largest absolute Gasteiger partial charge is 0.391 e. The van der Waals surface area contributed by atoms with E-state index in [2.05, 4.69) is 4.98 Å². The standard InChI is InChI=1S/C7H7F2IN2O/c8-6(9)3-1-12-7(11)4(2-13)5(3)10/h1,6,13H,2H2,(H2,11,12). The van der Waals surface area contributed by atoms with Gasteiger partial charge in [0.25, 0.3) is 6.43 Å². The SMILES string of the molecule is Nc1ncc(C(F)F)c(I)c1CO. The van der Waals surface area contributed by atoms with E-state index in [4.69, 9.17) is 10.8 Å². The summed E-state index contributed by atoms with van der Waals surface area (Å²) in [7, 11) is 0. The Labute approximate surface area is 87.1 Å². The van der Waals surface area contributed by atoms with Crippen molar-refractivity contribution in [1.29, 1.82) is 0 Å². The van der Waals surface area contributed by atoms with Crippen molar-refractivity contribution in [3.05, 3.63) is 20.9 Å². The van der Waals surface area contributed by atoms with E-state index in [-0.39, 0.29) is 27.1 Å². The first-order valence-corrected chi connectivity index (χ1v) is 4.47. The van der Waals surface area contributed by atoms with Gasteiger partial charge in [-0.05, 0) is 22.6 Å². The predicted molar refractivity (Wildman–Crippen MR) is 52.2 cm³/mol. The van der Waals surface area contributed by atoms with Gasteiger partial charge < -0.3 is 10.8 Å². The van der Waals surface area contributed by atoms with Gasteiger partial charge in [-0.2, -0.15) is 0 Å². The van der Waals surface area contributed by atoms with Crippen molar-refractivity contribution in [3.8, 4) is 0 Å². The minimum atomic E-state index is -2.59. The molecule has 72 valence electrons. The first-order chi connectivity index (χ1) is 6.07. The molecule has 1 heterocycles. The second-order valence-corrected chi connectivity index (χ2v) is 3.43. The van der Waals surface area contributed by atoms with Crippen molar-refractivity contribution < 1.29 is 13.9 Å². The molecule has 0 aromatic carbocycles. The molecule has 0 saturated carbocycles. The molecule has 0 saturated heterocycles. The number of nitrogens with two attached hydrogens (primary N) is 1. The molecule has 1 aromatic heterocycles. The van der Waals surface area contributed by atoms with Crippen molar-refractivity contribution in [1.82, 2.24) is 4.98 Å². The summed E-state index contributed by atoms with van der Waals surface area (Å²) in [6.45, 7) is -0.377. The van der Waals surface area contributed by atoms with Gasteiger partial charge in [0.2, 0.25) is 0 Å². The van der Waals surface area contributed by atoms with Crippen LogP contribution in [-0.2, 0) is 6.61 Å². The lowest BCUT2D eigenvalue weighted by Gasteiger charge is -2.08. The molecule has 3 N–H and O–H groups in total. The van der Waals surface area contributed by atoms with Crippen LogP contribution in [0.5, 0.6) is 0 Å². The Bertz CT molecular complexity index is 320. The Hall–Kier alpha value is -0.500. The van der Waals surface area contributed by atoms with Crippen LogP contribution in [0.25, 0.3) is 0 Å². The number of halogens is 3. The normalized spacial score (nSPS) is 10.8. The van der Waals surface area contributed by atoms with Crippen LogP contribution in [-0.4, -0.2) is 10.1 Å². The van der Waals surface area contributed by atoms with Crippen LogP contribution in [0.1, 0.15) is 17.6 Å². The second-order valence-electron chi connectivity index (χ2n) is 2.35.